The van der Waals surface area contributed by atoms with E-state index in [1.807, 2.05) is 24.3 Å². The smallest absolute Gasteiger partial charge is 0.159 e. The van der Waals surface area contributed by atoms with Gasteiger partial charge in [0.05, 0.1) is 6.10 Å². The maximum atomic E-state index is 5.89. The quantitative estimate of drug-likeness (QED) is 0.785. The highest BCUT2D eigenvalue weighted by Gasteiger charge is 2.29. The Morgan fingerprint density at radius 3 is 2.50 bits per heavy atom. The first-order chi connectivity index (χ1) is 8.74. The van der Waals surface area contributed by atoms with E-state index in [0.717, 1.165) is 30.0 Å². The molecule has 0 N–H and O–H groups in total. The Kier molecular flexibility index (Phi) is 5.01. The predicted octanol–water partition coefficient (Wildman–Crippen LogP) is 3.43. The number of hydrogen-bond acceptors (Lipinski definition) is 3. The molecule has 0 spiro atoms. The van der Waals surface area contributed by atoms with Gasteiger partial charge in [0.2, 0.25) is 0 Å². The van der Waals surface area contributed by atoms with E-state index < -0.39 is 0 Å². The first kappa shape index (κ1) is 13.8. The van der Waals surface area contributed by atoms with Crippen LogP contribution in [-0.2, 0) is 14.2 Å². The van der Waals surface area contributed by atoms with E-state index in [1.165, 1.54) is 0 Å². The lowest BCUT2D eigenvalue weighted by Crippen LogP contribution is -2.31. The topological polar surface area (TPSA) is 27.7 Å². The molecule has 4 heteroatoms. The third-order valence-electron chi connectivity index (χ3n) is 3.42. The van der Waals surface area contributed by atoms with E-state index in [1.54, 1.807) is 14.2 Å². The SMILES string of the molecule is COC(OC)[C@H]1CCO[C@@H](c2ccc(Cl)cc2)C1. The fourth-order valence-corrected chi connectivity index (χ4v) is 2.59. The molecule has 0 radical (unpaired) electrons. The molecule has 0 amide bonds. The molecule has 0 saturated carbocycles. The molecule has 1 fully saturated rings. The molecule has 18 heavy (non-hydrogen) atoms. The van der Waals surface area contributed by atoms with E-state index in [0.29, 0.717) is 5.92 Å². The Morgan fingerprint density at radius 2 is 1.89 bits per heavy atom. The summed E-state index contributed by atoms with van der Waals surface area (Å²) in [6.45, 7) is 0.737. The molecule has 0 aromatic heterocycles. The highest BCUT2D eigenvalue weighted by atomic mass is 35.5. The molecule has 2 atom stereocenters. The van der Waals surface area contributed by atoms with E-state index in [9.17, 15) is 0 Å². The summed E-state index contributed by atoms with van der Waals surface area (Å²) in [7, 11) is 3.36. The molecule has 0 unspecified atom stereocenters. The Balaban J connectivity index is 2.04. The summed E-state index contributed by atoms with van der Waals surface area (Å²) in [6, 6.07) is 7.83. The lowest BCUT2D eigenvalue weighted by atomic mass is 9.91. The van der Waals surface area contributed by atoms with Crippen LogP contribution >= 0.6 is 11.6 Å². The lowest BCUT2D eigenvalue weighted by Gasteiger charge is -2.33. The van der Waals surface area contributed by atoms with Crippen LogP contribution in [0.3, 0.4) is 0 Å². The molecular weight excluding hydrogens is 252 g/mol. The number of hydrogen-bond donors (Lipinski definition) is 0. The summed E-state index contributed by atoms with van der Waals surface area (Å²) >= 11 is 5.89. The molecule has 1 saturated heterocycles. The largest absolute Gasteiger partial charge is 0.374 e. The molecule has 1 aromatic rings. The molecule has 0 bridgehead atoms. The van der Waals surface area contributed by atoms with Crippen LogP contribution in [0.2, 0.25) is 5.02 Å². The summed E-state index contributed by atoms with van der Waals surface area (Å²) < 4.78 is 16.5. The predicted molar refractivity (Wildman–Crippen MR) is 70.7 cm³/mol. The van der Waals surface area contributed by atoms with Crippen LogP contribution in [0.15, 0.2) is 24.3 Å². The van der Waals surface area contributed by atoms with Crippen LogP contribution in [0.4, 0.5) is 0 Å². The average molecular weight is 271 g/mol. The molecular formula is C14H19ClO3. The van der Waals surface area contributed by atoms with Crippen LogP contribution < -0.4 is 0 Å². The second-order valence-corrected chi connectivity index (χ2v) is 4.97. The number of halogens is 1. The Labute approximate surface area is 113 Å². The Hall–Kier alpha value is -0.610. The summed E-state index contributed by atoms with van der Waals surface area (Å²) in [4.78, 5) is 0. The second-order valence-electron chi connectivity index (χ2n) is 4.54. The van der Waals surface area contributed by atoms with Crippen LogP contribution in [-0.4, -0.2) is 27.1 Å². The first-order valence-electron chi connectivity index (χ1n) is 6.17. The standard InChI is InChI=1S/C14H19ClO3/c1-16-14(17-2)11-7-8-18-13(9-11)10-3-5-12(15)6-4-10/h3-6,11,13-14H,7-9H2,1-2H3/t11-,13+/m0/s1. The zero-order valence-corrected chi connectivity index (χ0v) is 11.5. The molecule has 1 aliphatic rings. The van der Waals surface area contributed by atoms with Crippen molar-refractivity contribution in [2.75, 3.05) is 20.8 Å². The van der Waals surface area contributed by atoms with Gasteiger partial charge in [-0.2, -0.15) is 0 Å². The van der Waals surface area contributed by atoms with Crippen LogP contribution in [0, 0.1) is 5.92 Å². The second kappa shape index (κ2) is 6.53. The third-order valence-corrected chi connectivity index (χ3v) is 3.67. The van der Waals surface area contributed by atoms with Gasteiger partial charge in [-0.1, -0.05) is 23.7 Å². The van der Waals surface area contributed by atoms with Gasteiger partial charge < -0.3 is 14.2 Å². The minimum absolute atomic E-state index is 0.105. The third kappa shape index (κ3) is 3.23. The van der Waals surface area contributed by atoms with Gasteiger partial charge in [0.25, 0.3) is 0 Å². The number of benzene rings is 1. The van der Waals surface area contributed by atoms with E-state index in [-0.39, 0.29) is 12.4 Å². The van der Waals surface area contributed by atoms with Gasteiger partial charge in [-0.15, -0.1) is 0 Å². The monoisotopic (exact) mass is 270 g/mol. The van der Waals surface area contributed by atoms with Crippen molar-refractivity contribution in [1.82, 2.24) is 0 Å². The fraction of sp³-hybridized carbons (Fsp3) is 0.571. The zero-order chi connectivity index (χ0) is 13.0. The van der Waals surface area contributed by atoms with Gasteiger partial charge in [0, 0.05) is 31.8 Å². The van der Waals surface area contributed by atoms with Crippen LogP contribution in [0.25, 0.3) is 0 Å². The van der Waals surface area contributed by atoms with Crippen LogP contribution in [0.5, 0.6) is 0 Å². The van der Waals surface area contributed by atoms with Gasteiger partial charge in [0.1, 0.15) is 0 Å². The first-order valence-corrected chi connectivity index (χ1v) is 6.55. The van der Waals surface area contributed by atoms with Crippen molar-refractivity contribution in [1.29, 1.82) is 0 Å². The highest BCUT2D eigenvalue weighted by Crippen LogP contribution is 2.34. The molecule has 100 valence electrons. The minimum Gasteiger partial charge on any atom is -0.374 e. The maximum Gasteiger partial charge on any atom is 0.159 e. The molecule has 1 heterocycles. The van der Waals surface area contributed by atoms with E-state index >= 15 is 0 Å². The number of ether oxygens (including phenoxy) is 3. The summed E-state index contributed by atoms with van der Waals surface area (Å²) in [5, 5.41) is 0.748. The van der Waals surface area contributed by atoms with Gasteiger partial charge in [-0.05, 0) is 30.5 Å². The molecule has 3 nitrogen and oxygen atoms in total. The molecule has 0 aliphatic carbocycles. The van der Waals surface area contributed by atoms with Crippen molar-refractivity contribution in [2.24, 2.45) is 5.92 Å². The lowest BCUT2D eigenvalue weighted by molar-refractivity contribution is -0.165. The average Bonchev–Trinajstić information content (AvgIpc) is 2.41. The Bertz CT molecular complexity index is 362. The highest BCUT2D eigenvalue weighted by molar-refractivity contribution is 6.30. The molecule has 2 rings (SSSR count). The summed E-state index contributed by atoms with van der Waals surface area (Å²) in [6.07, 6.45) is 1.84. The van der Waals surface area contributed by atoms with Gasteiger partial charge in [-0.25, -0.2) is 0 Å². The van der Waals surface area contributed by atoms with E-state index in [4.69, 9.17) is 25.8 Å². The van der Waals surface area contributed by atoms with Gasteiger partial charge >= 0.3 is 0 Å². The molecule has 1 aromatic carbocycles. The van der Waals surface area contributed by atoms with Gasteiger partial charge in [0.15, 0.2) is 6.29 Å². The van der Waals surface area contributed by atoms with Crippen molar-refractivity contribution in [3.8, 4) is 0 Å². The van der Waals surface area contributed by atoms with Gasteiger partial charge in [-0.3, -0.25) is 0 Å². The Morgan fingerprint density at radius 1 is 1.22 bits per heavy atom. The van der Waals surface area contributed by atoms with Crippen molar-refractivity contribution in [3.05, 3.63) is 34.9 Å². The summed E-state index contributed by atoms with van der Waals surface area (Å²) in [5.74, 6) is 0.370. The normalized spacial score (nSPS) is 24.4. The summed E-state index contributed by atoms with van der Waals surface area (Å²) in [5.41, 5.74) is 1.16. The fourth-order valence-electron chi connectivity index (χ4n) is 2.46. The molecule has 1 aliphatic heterocycles. The zero-order valence-electron chi connectivity index (χ0n) is 10.8. The minimum atomic E-state index is -0.149. The van der Waals surface area contributed by atoms with Crippen LogP contribution in [0.1, 0.15) is 24.5 Å². The number of methoxy groups -OCH3 is 2. The van der Waals surface area contributed by atoms with Crippen molar-refractivity contribution in [2.45, 2.75) is 25.2 Å². The number of rotatable bonds is 4. The van der Waals surface area contributed by atoms with Crippen molar-refractivity contribution in [3.63, 3.8) is 0 Å². The van der Waals surface area contributed by atoms with Crippen molar-refractivity contribution < 1.29 is 14.2 Å². The van der Waals surface area contributed by atoms with Crippen molar-refractivity contribution >= 4 is 11.6 Å². The maximum absolute atomic E-state index is 5.89. The van der Waals surface area contributed by atoms with E-state index in [2.05, 4.69) is 0 Å².